The first kappa shape index (κ1) is 16.7. The molecule has 7 heteroatoms. The highest BCUT2D eigenvalue weighted by atomic mass is 35.5. The maximum atomic E-state index is 12.1. The number of carbonyl (C=O) groups is 1. The number of carbonyl (C=O) groups excluding carboxylic acids is 1. The highest BCUT2D eigenvalue weighted by Crippen LogP contribution is 2.37. The number of ether oxygens (including phenoxy) is 3. The zero-order chi connectivity index (χ0) is 17.1. The van der Waals surface area contributed by atoms with Gasteiger partial charge in [0, 0.05) is 22.7 Å². The molecule has 0 atom stereocenters. The molecule has 24 heavy (non-hydrogen) atoms. The minimum absolute atomic E-state index is 0.161. The predicted molar refractivity (Wildman–Crippen MR) is 92.8 cm³/mol. The van der Waals surface area contributed by atoms with Gasteiger partial charge in [-0.05, 0) is 19.1 Å². The molecule has 126 valence electrons. The van der Waals surface area contributed by atoms with Gasteiger partial charge in [0.15, 0.2) is 18.1 Å². The summed E-state index contributed by atoms with van der Waals surface area (Å²) in [5.41, 5.74) is 1.22. The molecule has 2 aromatic carbocycles. The van der Waals surface area contributed by atoms with Crippen LogP contribution in [0.5, 0.6) is 17.2 Å². The molecule has 1 amide bonds. The Morgan fingerprint density at radius 2 is 1.88 bits per heavy atom. The van der Waals surface area contributed by atoms with E-state index in [1.54, 1.807) is 30.3 Å². The number of nitrogens with one attached hydrogen (secondary N) is 1. The molecule has 1 N–H and O–H groups in total. The van der Waals surface area contributed by atoms with Crippen LogP contribution in [0.4, 0.5) is 5.69 Å². The van der Waals surface area contributed by atoms with Gasteiger partial charge in [-0.3, -0.25) is 4.79 Å². The monoisotopic (exact) mass is 367 g/mol. The Labute approximate surface area is 149 Å². The Balaban J connectivity index is 1.66. The third-order valence-corrected chi connectivity index (χ3v) is 4.20. The largest absolute Gasteiger partial charge is 0.486 e. The second-order valence-electron chi connectivity index (χ2n) is 5.18. The van der Waals surface area contributed by atoms with Gasteiger partial charge >= 0.3 is 0 Å². The topological polar surface area (TPSA) is 56.8 Å². The van der Waals surface area contributed by atoms with Crippen LogP contribution in [0.3, 0.4) is 0 Å². The summed E-state index contributed by atoms with van der Waals surface area (Å²) in [6, 6.07) is 8.54. The summed E-state index contributed by atoms with van der Waals surface area (Å²) in [6.07, 6.45) is 0. The Kier molecular flexibility index (Phi) is 5.02. The van der Waals surface area contributed by atoms with Crippen molar-refractivity contribution >= 4 is 34.8 Å². The van der Waals surface area contributed by atoms with E-state index in [4.69, 9.17) is 37.4 Å². The molecule has 1 heterocycles. The minimum atomic E-state index is -0.340. The summed E-state index contributed by atoms with van der Waals surface area (Å²) in [6.45, 7) is 2.60. The van der Waals surface area contributed by atoms with Crippen LogP contribution in [0, 0.1) is 6.92 Å². The van der Waals surface area contributed by atoms with Gasteiger partial charge in [-0.25, -0.2) is 0 Å². The molecule has 1 aliphatic heterocycles. The Bertz CT molecular complexity index is 779. The lowest BCUT2D eigenvalue weighted by Gasteiger charge is -2.20. The third-order valence-electron chi connectivity index (χ3n) is 3.48. The fourth-order valence-electron chi connectivity index (χ4n) is 2.23. The quantitative estimate of drug-likeness (QED) is 0.883. The van der Waals surface area contributed by atoms with E-state index in [1.807, 2.05) is 6.92 Å². The lowest BCUT2D eigenvalue weighted by Crippen LogP contribution is -2.21. The molecule has 0 aromatic heterocycles. The molecule has 1 aliphatic rings. The van der Waals surface area contributed by atoms with Crippen LogP contribution in [0.15, 0.2) is 30.3 Å². The molecule has 0 saturated carbocycles. The van der Waals surface area contributed by atoms with Crippen LogP contribution < -0.4 is 19.5 Å². The van der Waals surface area contributed by atoms with Crippen molar-refractivity contribution in [1.29, 1.82) is 0 Å². The van der Waals surface area contributed by atoms with Crippen molar-refractivity contribution in [3.63, 3.8) is 0 Å². The van der Waals surface area contributed by atoms with Crippen LogP contribution in [-0.4, -0.2) is 25.7 Å². The van der Waals surface area contributed by atoms with Gasteiger partial charge in [-0.1, -0.05) is 29.3 Å². The van der Waals surface area contributed by atoms with Crippen molar-refractivity contribution in [2.24, 2.45) is 0 Å². The summed E-state index contributed by atoms with van der Waals surface area (Å²) in [5, 5.41) is 3.65. The molecule has 0 saturated heterocycles. The van der Waals surface area contributed by atoms with Crippen molar-refractivity contribution in [2.45, 2.75) is 6.92 Å². The van der Waals surface area contributed by atoms with Crippen LogP contribution in [0.25, 0.3) is 0 Å². The van der Waals surface area contributed by atoms with E-state index in [0.29, 0.717) is 46.2 Å². The first-order chi connectivity index (χ1) is 11.5. The number of rotatable bonds is 4. The first-order valence-corrected chi connectivity index (χ1v) is 8.07. The molecule has 0 aliphatic carbocycles. The zero-order valence-corrected chi connectivity index (χ0v) is 14.4. The molecular weight excluding hydrogens is 353 g/mol. The normalized spacial score (nSPS) is 12.6. The summed E-state index contributed by atoms with van der Waals surface area (Å²) < 4.78 is 16.4. The van der Waals surface area contributed by atoms with E-state index < -0.39 is 0 Å². The predicted octanol–water partition coefficient (Wildman–Crippen LogP) is 4.09. The van der Waals surface area contributed by atoms with E-state index in [9.17, 15) is 4.79 Å². The van der Waals surface area contributed by atoms with Crippen LogP contribution in [0.2, 0.25) is 10.0 Å². The molecule has 0 spiro atoms. The average molecular weight is 368 g/mol. The minimum Gasteiger partial charge on any atom is -0.486 e. The number of halogens is 2. The average Bonchev–Trinajstić information content (AvgIpc) is 2.57. The maximum absolute atomic E-state index is 12.1. The SMILES string of the molecule is Cc1c(Cl)cccc1OCC(=O)Nc1cc2c(cc1Cl)OCCO2. The summed E-state index contributed by atoms with van der Waals surface area (Å²) in [4.78, 5) is 12.1. The fourth-order valence-corrected chi connectivity index (χ4v) is 2.60. The standard InChI is InChI=1S/C17H15Cl2NO4/c1-10-11(18)3-2-4-14(10)24-9-17(21)20-13-8-16-15(7-12(13)19)22-5-6-23-16/h2-4,7-8H,5-6,9H2,1H3,(H,20,21). The van der Waals surface area contributed by atoms with Crippen LogP contribution >= 0.6 is 23.2 Å². The number of hydrogen-bond donors (Lipinski definition) is 1. The van der Waals surface area contributed by atoms with Gasteiger partial charge in [0.25, 0.3) is 5.91 Å². The van der Waals surface area contributed by atoms with Crippen molar-refractivity contribution in [1.82, 2.24) is 0 Å². The fraction of sp³-hybridized carbons (Fsp3) is 0.235. The van der Waals surface area contributed by atoms with Crippen molar-refractivity contribution in [2.75, 3.05) is 25.1 Å². The number of hydrogen-bond acceptors (Lipinski definition) is 4. The van der Waals surface area contributed by atoms with E-state index in [1.165, 1.54) is 0 Å². The maximum Gasteiger partial charge on any atom is 0.262 e. The van der Waals surface area contributed by atoms with Gasteiger partial charge in [-0.15, -0.1) is 0 Å². The van der Waals surface area contributed by atoms with E-state index in [2.05, 4.69) is 5.32 Å². The summed E-state index contributed by atoms with van der Waals surface area (Å²) in [5.74, 6) is 1.33. The van der Waals surface area contributed by atoms with Crippen molar-refractivity contribution in [3.8, 4) is 17.2 Å². The highest BCUT2D eigenvalue weighted by Gasteiger charge is 2.16. The number of anilines is 1. The van der Waals surface area contributed by atoms with Crippen LogP contribution in [0.1, 0.15) is 5.56 Å². The zero-order valence-electron chi connectivity index (χ0n) is 12.9. The number of amides is 1. The van der Waals surface area contributed by atoms with Gasteiger partial charge in [0.05, 0.1) is 10.7 Å². The summed E-state index contributed by atoms with van der Waals surface area (Å²) in [7, 11) is 0. The molecule has 0 unspecified atom stereocenters. The molecule has 0 bridgehead atoms. The molecular formula is C17H15Cl2NO4. The second-order valence-corrected chi connectivity index (χ2v) is 5.99. The van der Waals surface area contributed by atoms with Crippen molar-refractivity contribution < 1.29 is 19.0 Å². The third kappa shape index (κ3) is 3.68. The van der Waals surface area contributed by atoms with E-state index in [-0.39, 0.29) is 12.5 Å². The Morgan fingerprint density at radius 3 is 2.62 bits per heavy atom. The second kappa shape index (κ2) is 7.20. The Morgan fingerprint density at radius 1 is 1.17 bits per heavy atom. The molecule has 0 radical (unpaired) electrons. The van der Waals surface area contributed by atoms with E-state index in [0.717, 1.165) is 5.56 Å². The Hall–Kier alpha value is -2.11. The number of fused-ring (bicyclic) bond motifs is 1. The lowest BCUT2D eigenvalue weighted by molar-refractivity contribution is -0.118. The van der Waals surface area contributed by atoms with Crippen LogP contribution in [-0.2, 0) is 4.79 Å². The van der Waals surface area contributed by atoms with E-state index >= 15 is 0 Å². The smallest absolute Gasteiger partial charge is 0.262 e. The molecule has 5 nitrogen and oxygen atoms in total. The first-order valence-electron chi connectivity index (χ1n) is 7.31. The van der Waals surface area contributed by atoms with Gasteiger partial charge in [0.2, 0.25) is 0 Å². The van der Waals surface area contributed by atoms with Gasteiger partial charge in [-0.2, -0.15) is 0 Å². The lowest BCUT2D eigenvalue weighted by atomic mass is 10.2. The molecule has 2 aromatic rings. The number of benzene rings is 2. The van der Waals surface area contributed by atoms with Gasteiger partial charge in [0.1, 0.15) is 19.0 Å². The molecule has 3 rings (SSSR count). The molecule has 0 fully saturated rings. The van der Waals surface area contributed by atoms with Gasteiger partial charge < -0.3 is 19.5 Å². The van der Waals surface area contributed by atoms with Crippen molar-refractivity contribution in [3.05, 3.63) is 45.9 Å². The highest BCUT2D eigenvalue weighted by molar-refractivity contribution is 6.34. The summed E-state index contributed by atoms with van der Waals surface area (Å²) >= 11 is 12.2.